The van der Waals surface area contributed by atoms with E-state index in [1.807, 2.05) is 12.1 Å². The Morgan fingerprint density at radius 2 is 0.780 bits per heavy atom. The summed E-state index contributed by atoms with van der Waals surface area (Å²) >= 11 is 0. The normalized spacial score (nSPS) is 12.0. The van der Waals surface area contributed by atoms with Crippen molar-refractivity contribution in [2.75, 3.05) is 9.80 Å². The first-order chi connectivity index (χ1) is 28.9. The first kappa shape index (κ1) is 35.1. The molecule has 0 N–H and O–H groups in total. The van der Waals surface area contributed by atoms with Crippen molar-refractivity contribution in [3.63, 3.8) is 0 Å². The Hall–Kier alpha value is -7.14. The van der Waals surface area contributed by atoms with E-state index >= 15 is 0 Å². The van der Waals surface area contributed by atoms with Gasteiger partial charge < -0.3 is 14.2 Å². The molecule has 0 aliphatic heterocycles. The van der Waals surface area contributed by atoms with E-state index in [-0.39, 0.29) is 0 Å². The Balaban J connectivity index is 1.08. The highest BCUT2D eigenvalue weighted by Crippen LogP contribution is 2.45. The number of nitrogens with zero attached hydrogens (tertiary/aromatic N) is 2. The molecular formula is C55H42N2OSi. The summed E-state index contributed by atoms with van der Waals surface area (Å²) in [6, 6.07) is 72.9. The van der Waals surface area contributed by atoms with Crippen molar-refractivity contribution in [2.45, 2.75) is 19.6 Å². The molecule has 3 nitrogen and oxygen atoms in total. The van der Waals surface area contributed by atoms with E-state index in [1.165, 1.54) is 48.3 Å². The maximum absolute atomic E-state index is 6.23. The molecule has 0 radical (unpaired) electrons. The zero-order valence-corrected chi connectivity index (χ0v) is 34.4. The lowest BCUT2D eigenvalue weighted by atomic mass is 9.90. The average molecular weight is 775 g/mol. The molecule has 0 saturated carbocycles. The fourth-order valence-electron chi connectivity index (χ4n) is 9.05. The van der Waals surface area contributed by atoms with Crippen molar-refractivity contribution >= 4 is 112 Å². The number of hydrogen-bond donors (Lipinski definition) is 0. The third-order valence-corrected chi connectivity index (χ3v) is 14.0. The van der Waals surface area contributed by atoms with Gasteiger partial charge in [0.1, 0.15) is 11.2 Å². The number of rotatable bonds is 7. The van der Waals surface area contributed by atoms with E-state index in [1.54, 1.807) is 0 Å². The molecule has 1 aromatic heterocycles. The summed E-state index contributed by atoms with van der Waals surface area (Å²) in [7, 11) is -1.43. The third kappa shape index (κ3) is 5.95. The summed E-state index contributed by atoms with van der Waals surface area (Å²) in [5, 5.41) is 13.7. The Bertz CT molecular complexity index is 3350. The molecule has 11 rings (SSSR count). The molecule has 11 aromatic rings. The Labute approximate surface area is 345 Å². The van der Waals surface area contributed by atoms with Gasteiger partial charge >= 0.3 is 0 Å². The molecule has 282 valence electrons. The van der Waals surface area contributed by atoms with Gasteiger partial charge in [-0.3, -0.25) is 0 Å². The van der Waals surface area contributed by atoms with Gasteiger partial charge in [-0.05, 0) is 128 Å². The molecule has 0 aliphatic rings. The highest BCUT2D eigenvalue weighted by molar-refractivity contribution is 6.88. The van der Waals surface area contributed by atoms with Crippen LogP contribution in [0.2, 0.25) is 19.6 Å². The van der Waals surface area contributed by atoms with Gasteiger partial charge in [0, 0.05) is 44.9 Å². The molecule has 0 fully saturated rings. The van der Waals surface area contributed by atoms with Crippen molar-refractivity contribution in [2.24, 2.45) is 0 Å². The fraction of sp³-hybridized carbons (Fsp3) is 0.0545. The topological polar surface area (TPSA) is 19.6 Å². The van der Waals surface area contributed by atoms with Gasteiger partial charge in [0.25, 0.3) is 0 Å². The molecule has 59 heavy (non-hydrogen) atoms. The zero-order valence-electron chi connectivity index (χ0n) is 33.4. The molecule has 0 bridgehead atoms. The largest absolute Gasteiger partial charge is 0.456 e. The molecule has 1 heterocycles. The van der Waals surface area contributed by atoms with Gasteiger partial charge in [0.05, 0.1) is 8.07 Å². The third-order valence-electron chi connectivity index (χ3n) is 11.9. The number of para-hydroxylation sites is 3. The zero-order chi connectivity index (χ0) is 39.7. The van der Waals surface area contributed by atoms with Gasteiger partial charge in [0.15, 0.2) is 0 Å². The predicted molar refractivity (Wildman–Crippen MR) is 256 cm³/mol. The summed E-state index contributed by atoms with van der Waals surface area (Å²) in [6.07, 6.45) is 0. The molecule has 10 aromatic carbocycles. The standard InChI is InChI=1S/C55H42N2OSi/c1-59(2,3)44-28-23-40(24-29-44)56(38-14-6-4-7-15-38)41-25-31-45-37(34-41)22-30-50-47-32-26-42(35-51(47)46-18-10-11-20-49(46)55(45)50)57(39-16-8-5-9-17-39)43-27-33-54-52(36-43)48-19-12-13-21-53(48)58-54/h4-36H,1-3H3. The second-order valence-electron chi connectivity index (χ2n) is 16.6. The van der Waals surface area contributed by atoms with E-state index in [0.29, 0.717) is 0 Å². The molecule has 0 aliphatic carbocycles. The van der Waals surface area contributed by atoms with Crippen molar-refractivity contribution in [1.82, 2.24) is 0 Å². The molecule has 0 spiro atoms. The van der Waals surface area contributed by atoms with Crippen LogP contribution in [0.5, 0.6) is 0 Å². The van der Waals surface area contributed by atoms with Gasteiger partial charge in [-0.2, -0.15) is 0 Å². The van der Waals surface area contributed by atoms with E-state index in [2.05, 4.69) is 217 Å². The van der Waals surface area contributed by atoms with Crippen LogP contribution in [-0.2, 0) is 0 Å². The second-order valence-corrected chi connectivity index (χ2v) is 21.7. The molecule has 0 atom stereocenters. The fourth-order valence-corrected chi connectivity index (χ4v) is 10.2. The monoisotopic (exact) mass is 774 g/mol. The average Bonchev–Trinajstić information content (AvgIpc) is 3.65. The van der Waals surface area contributed by atoms with E-state index in [4.69, 9.17) is 4.42 Å². The van der Waals surface area contributed by atoms with Crippen molar-refractivity contribution < 1.29 is 4.42 Å². The van der Waals surface area contributed by atoms with E-state index in [0.717, 1.165) is 56.1 Å². The van der Waals surface area contributed by atoms with Gasteiger partial charge in [-0.1, -0.05) is 140 Å². The molecule has 0 amide bonds. The quantitative estimate of drug-likeness (QED) is 0.119. The lowest BCUT2D eigenvalue weighted by molar-refractivity contribution is 0.669. The Morgan fingerprint density at radius 3 is 1.47 bits per heavy atom. The summed E-state index contributed by atoms with van der Waals surface area (Å²) < 4.78 is 6.23. The first-order valence-corrected chi connectivity index (χ1v) is 23.9. The first-order valence-electron chi connectivity index (χ1n) is 20.4. The van der Waals surface area contributed by atoms with Gasteiger partial charge in [0.2, 0.25) is 0 Å². The lowest BCUT2D eigenvalue weighted by Crippen LogP contribution is -2.37. The minimum Gasteiger partial charge on any atom is -0.456 e. The number of anilines is 6. The molecule has 4 heteroatoms. The molecule has 0 saturated heterocycles. The summed E-state index contributed by atoms with van der Waals surface area (Å²) in [6.45, 7) is 7.21. The SMILES string of the molecule is C[Si](C)(C)c1ccc(N(c2ccccc2)c2ccc3c(ccc4c5ccc(N(c6ccccc6)c6ccc7oc8ccccc8c7c6)cc5c5ccccc5c34)c2)cc1. The smallest absolute Gasteiger partial charge is 0.135 e. The van der Waals surface area contributed by atoms with Crippen LogP contribution in [0.3, 0.4) is 0 Å². The summed E-state index contributed by atoms with van der Waals surface area (Å²) in [5.41, 5.74) is 8.52. The number of fused-ring (bicyclic) bond motifs is 11. The highest BCUT2D eigenvalue weighted by atomic mass is 28.3. The minimum atomic E-state index is -1.43. The van der Waals surface area contributed by atoms with Crippen LogP contribution in [-0.4, -0.2) is 8.07 Å². The van der Waals surface area contributed by atoms with Crippen LogP contribution < -0.4 is 15.0 Å². The Morgan fingerprint density at radius 1 is 0.322 bits per heavy atom. The number of furan rings is 1. The molecular weight excluding hydrogens is 733 g/mol. The van der Waals surface area contributed by atoms with Crippen LogP contribution >= 0.6 is 0 Å². The summed E-state index contributed by atoms with van der Waals surface area (Å²) in [4.78, 5) is 4.74. The number of benzene rings is 10. The van der Waals surface area contributed by atoms with E-state index < -0.39 is 8.07 Å². The van der Waals surface area contributed by atoms with Crippen molar-refractivity contribution in [1.29, 1.82) is 0 Å². The highest BCUT2D eigenvalue weighted by Gasteiger charge is 2.21. The van der Waals surface area contributed by atoms with Crippen LogP contribution in [0.25, 0.3) is 65.0 Å². The minimum absolute atomic E-state index is 0.891. The molecule has 0 unspecified atom stereocenters. The number of hydrogen-bond acceptors (Lipinski definition) is 3. The lowest BCUT2D eigenvalue weighted by Gasteiger charge is -2.27. The van der Waals surface area contributed by atoms with Crippen LogP contribution in [0.1, 0.15) is 0 Å². The summed E-state index contributed by atoms with van der Waals surface area (Å²) in [5.74, 6) is 0. The van der Waals surface area contributed by atoms with Crippen LogP contribution in [0.15, 0.2) is 205 Å². The maximum atomic E-state index is 6.23. The van der Waals surface area contributed by atoms with Gasteiger partial charge in [-0.15, -0.1) is 0 Å². The van der Waals surface area contributed by atoms with Gasteiger partial charge in [-0.25, -0.2) is 0 Å². The maximum Gasteiger partial charge on any atom is 0.135 e. The van der Waals surface area contributed by atoms with Crippen molar-refractivity contribution in [3.05, 3.63) is 200 Å². The van der Waals surface area contributed by atoms with E-state index in [9.17, 15) is 0 Å². The van der Waals surface area contributed by atoms with Crippen LogP contribution in [0.4, 0.5) is 34.1 Å². The second kappa shape index (κ2) is 13.8. The Kier molecular flexibility index (Phi) is 8.17. The predicted octanol–water partition coefficient (Wildman–Crippen LogP) is 15.7. The van der Waals surface area contributed by atoms with Crippen LogP contribution in [0, 0.1) is 0 Å². The van der Waals surface area contributed by atoms with Crippen molar-refractivity contribution in [3.8, 4) is 0 Å².